The van der Waals surface area contributed by atoms with Gasteiger partial charge < -0.3 is 4.74 Å². The average molecular weight is 262 g/mol. The van der Waals surface area contributed by atoms with Gasteiger partial charge in [-0.15, -0.1) is 0 Å². The SMILES string of the molecule is CCOC1CCN(Cc2cccc(C#N)c2F)CC1. The number of benzene rings is 1. The van der Waals surface area contributed by atoms with Gasteiger partial charge in [0.1, 0.15) is 11.9 Å². The van der Waals surface area contributed by atoms with E-state index in [-0.39, 0.29) is 11.4 Å². The third-order valence-electron chi connectivity index (χ3n) is 3.53. The van der Waals surface area contributed by atoms with Crippen LogP contribution in [0, 0.1) is 17.1 Å². The summed E-state index contributed by atoms with van der Waals surface area (Å²) >= 11 is 0. The van der Waals surface area contributed by atoms with Gasteiger partial charge in [-0.25, -0.2) is 4.39 Å². The molecule has 1 fully saturated rings. The second kappa shape index (κ2) is 6.65. The van der Waals surface area contributed by atoms with Gasteiger partial charge in [-0.1, -0.05) is 12.1 Å². The van der Waals surface area contributed by atoms with Crippen molar-refractivity contribution in [2.24, 2.45) is 0 Å². The van der Waals surface area contributed by atoms with Gasteiger partial charge >= 0.3 is 0 Å². The van der Waals surface area contributed by atoms with Crippen LogP contribution in [0.4, 0.5) is 4.39 Å². The Balaban J connectivity index is 1.94. The summed E-state index contributed by atoms with van der Waals surface area (Å²) in [4.78, 5) is 2.22. The molecule has 0 unspecified atom stereocenters. The third kappa shape index (κ3) is 3.52. The highest BCUT2D eigenvalue weighted by molar-refractivity contribution is 5.34. The maximum absolute atomic E-state index is 14.0. The molecule has 1 aliphatic rings. The van der Waals surface area contributed by atoms with Gasteiger partial charge in [0.15, 0.2) is 0 Å². The molecular weight excluding hydrogens is 243 g/mol. The summed E-state index contributed by atoms with van der Waals surface area (Å²) in [6, 6.07) is 6.89. The lowest BCUT2D eigenvalue weighted by Gasteiger charge is -2.31. The lowest BCUT2D eigenvalue weighted by Crippen LogP contribution is -2.36. The number of nitriles is 1. The molecular formula is C15H19FN2O. The van der Waals surface area contributed by atoms with Crippen LogP contribution in [0.25, 0.3) is 0 Å². The first-order valence-corrected chi connectivity index (χ1v) is 6.76. The summed E-state index contributed by atoms with van der Waals surface area (Å²) in [5.41, 5.74) is 0.732. The Labute approximate surface area is 113 Å². The highest BCUT2D eigenvalue weighted by Gasteiger charge is 2.20. The zero-order chi connectivity index (χ0) is 13.7. The van der Waals surface area contributed by atoms with Crippen LogP contribution in [0.1, 0.15) is 30.9 Å². The van der Waals surface area contributed by atoms with E-state index in [0.717, 1.165) is 32.5 Å². The monoisotopic (exact) mass is 262 g/mol. The number of likely N-dealkylation sites (tertiary alicyclic amines) is 1. The molecule has 0 aliphatic carbocycles. The predicted molar refractivity (Wildman–Crippen MR) is 71.0 cm³/mol. The van der Waals surface area contributed by atoms with E-state index in [1.165, 1.54) is 6.07 Å². The first-order valence-electron chi connectivity index (χ1n) is 6.76. The standard InChI is InChI=1S/C15H19FN2O/c1-2-19-14-6-8-18(9-7-14)11-13-5-3-4-12(10-17)15(13)16/h3-5,14H,2,6-9,11H2,1H3. The van der Waals surface area contributed by atoms with Crippen molar-refractivity contribution in [2.45, 2.75) is 32.4 Å². The van der Waals surface area contributed by atoms with Crippen molar-refractivity contribution in [3.63, 3.8) is 0 Å². The van der Waals surface area contributed by atoms with E-state index in [2.05, 4.69) is 4.90 Å². The van der Waals surface area contributed by atoms with Crippen molar-refractivity contribution in [3.05, 3.63) is 35.1 Å². The number of piperidine rings is 1. The molecule has 0 radical (unpaired) electrons. The smallest absolute Gasteiger partial charge is 0.145 e. The van der Waals surface area contributed by atoms with Crippen molar-refractivity contribution < 1.29 is 9.13 Å². The molecule has 1 saturated heterocycles. The zero-order valence-electron chi connectivity index (χ0n) is 11.2. The zero-order valence-corrected chi connectivity index (χ0v) is 11.2. The summed E-state index contributed by atoms with van der Waals surface area (Å²) in [5.74, 6) is -0.378. The number of nitrogens with zero attached hydrogens (tertiary/aromatic N) is 2. The van der Waals surface area contributed by atoms with Crippen LogP contribution >= 0.6 is 0 Å². The number of halogens is 1. The average Bonchev–Trinajstić information content (AvgIpc) is 2.43. The first-order chi connectivity index (χ1) is 9.24. The molecule has 19 heavy (non-hydrogen) atoms. The Hall–Kier alpha value is -1.44. The van der Waals surface area contributed by atoms with E-state index in [1.807, 2.05) is 13.0 Å². The normalized spacial score (nSPS) is 17.3. The molecule has 0 amide bonds. The lowest BCUT2D eigenvalue weighted by molar-refractivity contribution is 0.0123. The summed E-state index contributed by atoms with van der Waals surface area (Å²) in [6.45, 7) is 5.17. The Morgan fingerprint density at radius 2 is 2.16 bits per heavy atom. The summed E-state index contributed by atoms with van der Waals surface area (Å²) in [5, 5.41) is 8.82. The molecule has 1 heterocycles. The minimum Gasteiger partial charge on any atom is -0.378 e. The minimum atomic E-state index is -0.378. The van der Waals surface area contributed by atoms with Crippen molar-refractivity contribution >= 4 is 0 Å². The lowest BCUT2D eigenvalue weighted by atomic mass is 10.1. The molecule has 4 heteroatoms. The van der Waals surface area contributed by atoms with E-state index in [1.54, 1.807) is 12.1 Å². The number of hydrogen-bond donors (Lipinski definition) is 0. The fourth-order valence-electron chi connectivity index (χ4n) is 2.50. The van der Waals surface area contributed by atoms with E-state index >= 15 is 0 Å². The van der Waals surface area contributed by atoms with Gasteiger partial charge in [-0.05, 0) is 25.8 Å². The van der Waals surface area contributed by atoms with Gasteiger partial charge in [-0.2, -0.15) is 5.26 Å². The van der Waals surface area contributed by atoms with Gasteiger partial charge in [0.05, 0.1) is 11.7 Å². The maximum atomic E-state index is 14.0. The fraction of sp³-hybridized carbons (Fsp3) is 0.533. The van der Waals surface area contributed by atoms with Crippen molar-refractivity contribution in [2.75, 3.05) is 19.7 Å². The number of ether oxygens (including phenoxy) is 1. The Kier molecular flexibility index (Phi) is 4.89. The fourth-order valence-corrected chi connectivity index (χ4v) is 2.50. The number of hydrogen-bond acceptors (Lipinski definition) is 3. The molecule has 0 N–H and O–H groups in total. The van der Waals surface area contributed by atoms with E-state index in [9.17, 15) is 4.39 Å². The van der Waals surface area contributed by atoms with Crippen LogP contribution in [-0.4, -0.2) is 30.7 Å². The summed E-state index contributed by atoms with van der Waals surface area (Å²) in [7, 11) is 0. The van der Waals surface area contributed by atoms with Gasteiger partial charge in [0.2, 0.25) is 0 Å². The first kappa shape index (κ1) is 14.0. The topological polar surface area (TPSA) is 36.3 Å². The molecule has 1 aliphatic heterocycles. The second-order valence-electron chi connectivity index (χ2n) is 4.82. The van der Waals surface area contributed by atoms with E-state index < -0.39 is 0 Å². The molecule has 0 atom stereocenters. The highest BCUT2D eigenvalue weighted by atomic mass is 19.1. The molecule has 1 aromatic rings. The Bertz CT molecular complexity index is 462. The molecule has 0 aromatic heterocycles. The highest BCUT2D eigenvalue weighted by Crippen LogP contribution is 2.19. The Morgan fingerprint density at radius 3 is 2.79 bits per heavy atom. The molecule has 0 saturated carbocycles. The second-order valence-corrected chi connectivity index (χ2v) is 4.82. The van der Waals surface area contributed by atoms with Gasteiger partial charge in [0.25, 0.3) is 0 Å². The molecule has 3 nitrogen and oxygen atoms in total. The third-order valence-corrected chi connectivity index (χ3v) is 3.53. The molecule has 2 rings (SSSR count). The van der Waals surface area contributed by atoms with Gasteiger partial charge in [-0.3, -0.25) is 4.90 Å². The van der Waals surface area contributed by atoms with Crippen LogP contribution in [0.5, 0.6) is 0 Å². The van der Waals surface area contributed by atoms with Crippen molar-refractivity contribution in [1.29, 1.82) is 5.26 Å². The molecule has 0 spiro atoms. The van der Waals surface area contributed by atoms with Crippen LogP contribution < -0.4 is 0 Å². The van der Waals surface area contributed by atoms with Crippen molar-refractivity contribution in [1.82, 2.24) is 4.90 Å². The quantitative estimate of drug-likeness (QED) is 0.837. The predicted octanol–water partition coefficient (Wildman–Crippen LogP) is 2.70. The van der Waals surface area contributed by atoms with Crippen LogP contribution in [0.3, 0.4) is 0 Å². The van der Waals surface area contributed by atoms with Crippen LogP contribution in [-0.2, 0) is 11.3 Å². The number of rotatable bonds is 4. The maximum Gasteiger partial charge on any atom is 0.145 e. The molecule has 102 valence electrons. The Morgan fingerprint density at radius 1 is 1.42 bits per heavy atom. The van der Waals surface area contributed by atoms with E-state index in [0.29, 0.717) is 18.2 Å². The van der Waals surface area contributed by atoms with Gasteiger partial charge in [0, 0.05) is 31.8 Å². The van der Waals surface area contributed by atoms with E-state index in [4.69, 9.17) is 10.00 Å². The largest absolute Gasteiger partial charge is 0.378 e. The van der Waals surface area contributed by atoms with Crippen molar-refractivity contribution in [3.8, 4) is 6.07 Å². The summed E-state index contributed by atoms with van der Waals surface area (Å²) < 4.78 is 19.5. The summed E-state index contributed by atoms with van der Waals surface area (Å²) in [6.07, 6.45) is 2.33. The molecule has 0 bridgehead atoms. The molecule has 1 aromatic carbocycles. The minimum absolute atomic E-state index is 0.127. The van der Waals surface area contributed by atoms with Crippen LogP contribution in [0.15, 0.2) is 18.2 Å². The van der Waals surface area contributed by atoms with Crippen LogP contribution in [0.2, 0.25) is 0 Å².